The third kappa shape index (κ3) is 12.2. The molecule has 0 aromatic rings. The van der Waals surface area contributed by atoms with Crippen molar-refractivity contribution in [2.45, 2.75) is 91.4 Å². The summed E-state index contributed by atoms with van der Waals surface area (Å²) in [7, 11) is 0. The van der Waals surface area contributed by atoms with Gasteiger partial charge in [0, 0.05) is 0 Å². The van der Waals surface area contributed by atoms with Gasteiger partial charge in [0.1, 0.15) is 0 Å². The molecule has 2 atom stereocenters. The Kier molecular flexibility index (Phi) is 12.5. The van der Waals surface area contributed by atoms with Crippen LogP contribution in [0.25, 0.3) is 0 Å². The quantitative estimate of drug-likeness (QED) is 0.345. The minimum Gasteiger partial charge on any atom is -0.0654 e. The van der Waals surface area contributed by atoms with Crippen molar-refractivity contribution < 1.29 is 0 Å². The summed E-state index contributed by atoms with van der Waals surface area (Å²) in [4.78, 5) is 0. The van der Waals surface area contributed by atoms with E-state index in [9.17, 15) is 0 Å². The molecule has 1 radical (unpaired) electrons. The third-order valence-corrected chi connectivity index (χ3v) is 3.94. The van der Waals surface area contributed by atoms with Crippen molar-refractivity contribution in [1.82, 2.24) is 0 Å². The fraction of sp³-hybridized carbons (Fsp3) is 0.941. The largest absolute Gasteiger partial charge is 0.0654 e. The summed E-state index contributed by atoms with van der Waals surface area (Å²) in [5.74, 6) is 1.79. The van der Waals surface area contributed by atoms with Gasteiger partial charge in [0.2, 0.25) is 0 Å². The minimum absolute atomic E-state index is 0.836. The molecule has 0 amide bonds. The third-order valence-electron chi connectivity index (χ3n) is 3.94. The molecule has 0 aliphatic carbocycles. The molecule has 0 heterocycles. The summed E-state index contributed by atoms with van der Waals surface area (Å²) in [5.41, 5.74) is 0. The van der Waals surface area contributed by atoms with Crippen molar-refractivity contribution in [3.8, 4) is 0 Å². The van der Waals surface area contributed by atoms with E-state index in [4.69, 9.17) is 0 Å². The molecule has 0 spiro atoms. The summed E-state index contributed by atoms with van der Waals surface area (Å²) < 4.78 is 0. The van der Waals surface area contributed by atoms with E-state index in [0.29, 0.717) is 0 Å². The Labute approximate surface area is 111 Å². The van der Waals surface area contributed by atoms with Gasteiger partial charge < -0.3 is 0 Å². The van der Waals surface area contributed by atoms with Crippen molar-refractivity contribution in [2.24, 2.45) is 11.8 Å². The van der Waals surface area contributed by atoms with Crippen molar-refractivity contribution >= 4 is 0 Å². The Morgan fingerprint density at radius 3 is 1.65 bits per heavy atom. The fourth-order valence-electron chi connectivity index (χ4n) is 2.37. The molecule has 2 unspecified atom stereocenters. The van der Waals surface area contributed by atoms with E-state index < -0.39 is 0 Å². The van der Waals surface area contributed by atoms with E-state index in [1.807, 2.05) is 0 Å². The molecule has 17 heavy (non-hydrogen) atoms. The first-order valence-electron chi connectivity index (χ1n) is 7.99. The van der Waals surface area contributed by atoms with Crippen molar-refractivity contribution in [2.75, 3.05) is 0 Å². The molecule has 0 heteroatoms. The molecular formula is C17H35. The number of unbranched alkanes of at least 4 members (excludes halogenated alkanes) is 5. The van der Waals surface area contributed by atoms with Crippen LogP contribution in [0.1, 0.15) is 91.4 Å². The summed E-state index contributed by atoms with van der Waals surface area (Å²) in [6.45, 7) is 11.0. The van der Waals surface area contributed by atoms with Crippen LogP contribution in [0.5, 0.6) is 0 Å². The van der Waals surface area contributed by atoms with Crippen LogP contribution in [0.4, 0.5) is 0 Å². The van der Waals surface area contributed by atoms with Crippen LogP contribution < -0.4 is 0 Å². The molecule has 0 rings (SSSR count). The van der Waals surface area contributed by atoms with E-state index in [1.165, 1.54) is 64.2 Å². The lowest BCUT2D eigenvalue weighted by molar-refractivity contribution is 0.429. The van der Waals surface area contributed by atoms with E-state index in [-0.39, 0.29) is 0 Å². The second-order valence-corrected chi connectivity index (χ2v) is 5.99. The average molecular weight is 239 g/mol. The van der Waals surface area contributed by atoms with Gasteiger partial charge in [-0.3, -0.25) is 0 Å². The zero-order chi connectivity index (χ0) is 12.9. The Balaban J connectivity index is 3.16. The Bertz CT molecular complexity index is 139. The minimum atomic E-state index is 0.836. The van der Waals surface area contributed by atoms with Gasteiger partial charge in [0.15, 0.2) is 0 Å². The molecule has 0 saturated carbocycles. The predicted octanol–water partition coefficient (Wildman–Crippen LogP) is 6.40. The molecule has 0 aliphatic rings. The van der Waals surface area contributed by atoms with Gasteiger partial charge in [-0.05, 0) is 11.8 Å². The van der Waals surface area contributed by atoms with Gasteiger partial charge in [-0.1, -0.05) is 98.3 Å². The highest BCUT2D eigenvalue weighted by molar-refractivity contribution is 4.57. The SMILES string of the molecule is [CH2]CC(C)CCCCCCC(C)CCCCC. The zero-order valence-corrected chi connectivity index (χ0v) is 12.6. The zero-order valence-electron chi connectivity index (χ0n) is 12.6. The Morgan fingerprint density at radius 2 is 1.18 bits per heavy atom. The summed E-state index contributed by atoms with van der Waals surface area (Å²) in [5, 5.41) is 0. The van der Waals surface area contributed by atoms with Gasteiger partial charge in [0.05, 0.1) is 0 Å². The first kappa shape index (κ1) is 17.0. The van der Waals surface area contributed by atoms with Crippen LogP contribution in [0.15, 0.2) is 0 Å². The van der Waals surface area contributed by atoms with Gasteiger partial charge in [-0.25, -0.2) is 0 Å². The van der Waals surface area contributed by atoms with Gasteiger partial charge in [-0.15, -0.1) is 0 Å². The number of hydrogen-bond donors (Lipinski definition) is 0. The lowest BCUT2D eigenvalue weighted by Gasteiger charge is -2.11. The van der Waals surface area contributed by atoms with Crippen LogP contribution in [0.2, 0.25) is 0 Å². The second-order valence-electron chi connectivity index (χ2n) is 5.99. The highest BCUT2D eigenvalue weighted by Gasteiger charge is 2.02. The van der Waals surface area contributed by atoms with E-state index in [0.717, 1.165) is 18.3 Å². The predicted molar refractivity (Wildman–Crippen MR) is 80.1 cm³/mol. The van der Waals surface area contributed by atoms with E-state index >= 15 is 0 Å². The van der Waals surface area contributed by atoms with Crippen LogP contribution >= 0.6 is 0 Å². The van der Waals surface area contributed by atoms with Crippen molar-refractivity contribution in [1.29, 1.82) is 0 Å². The first-order chi connectivity index (χ1) is 8.20. The van der Waals surface area contributed by atoms with Crippen LogP contribution in [0.3, 0.4) is 0 Å². The Morgan fingerprint density at radius 1 is 0.706 bits per heavy atom. The molecule has 0 nitrogen and oxygen atoms in total. The molecule has 0 fully saturated rings. The molecular weight excluding hydrogens is 204 g/mol. The average Bonchev–Trinajstić information content (AvgIpc) is 2.33. The lowest BCUT2D eigenvalue weighted by Crippen LogP contribution is -1.95. The van der Waals surface area contributed by atoms with Crippen molar-refractivity contribution in [3.05, 3.63) is 6.92 Å². The number of hydrogen-bond acceptors (Lipinski definition) is 0. The Hall–Kier alpha value is 0. The maximum Gasteiger partial charge on any atom is -0.0443 e. The second kappa shape index (κ2) is 12.5. The van der Waals surface area contributed by atoms with Gasteiger partial charge in [0.25, 0.3) is 0 Å². The summed E-state index contributed by atoms with van der Waals surface area (Å²) in [6, 6.07) is 0. The van der Waals surface area contributed by atoms with E-state index in [2.05, 4.69) is 27.7 Å². The van der Waals surface area contributed by atoms with Crippen LogP contribution in [-0.4, -0.2) is 0 Å². The molecule has 0 aliphatic heterocycles. The fourth-order valence-corrected chi connectivity index (χ4v) is 2.37. The molecule has 0 saturated heterocycles. The van der Waals surface area contributed by atoms with Gasteiger partial charge in [-0.2, -0.15) is 0 Å². The standard InChI is InChI=1S/C17H35/c1-5-7-10-14-17(4)15-12-9-8-11-13-16(3)6-2/h16-17H,2,5-15H2,1,3-4H3. The normalized spacial score (nSPS) is 14.8. The van der Waals surface area contributed by atoms with Gasteiger partial charge >= 0.3 is 0 Å². The molecule has 0 aromatic carbocycles. The van der Waals surface area contributed by atoms with Crippen molar-refractivity contribution in [3.63, 3.8) is 0 Å². The monoisotopic (exact) mass is 239 g/mol. The maximum absolute atomic E-state index is 3.96. The smallest absolute Gasteiger partial charge is 0.0443 e. The molecule has 103 valence electrons. The van der Waals surface area contributed by atoms with Crippen LogP contribution in [0, 0.1) is 18.8 Å². The highest BCUT2D eigenvalue weighted by atomic mass is 14.1. The molecule has 0 aromatic heterocycles. The lowest BCUT2D eigenvalue weighted by atomic mass is 9.95. The maximum atomic E-state index is 3.96. The van der Waals surface area contributed by atoms with E-state index in [1.54, 1.807) is 0 Å². The topological polar surface area (TPSA) is 0 Å². The highest BCUT2D eigenvalue weighted by Crippen LogP contribution is 2.18. The summed E-state index contributed by atoms with van der Waals surface area (Å²) in [6.07, 6.45) is 15.4. The molecule has 0 N–H and O–H groups in total. The molecule has 0 bridgehead atoms. The summed E-state index contributed by atoms with van der Waals surface area (Å²) >= 11 is 0. The number of rotatable bonds is 12. The first-order valence-corrected chi connectivity index (χ1v) is 7.99. The van der Waals surface area contributed by atoms with Crippen LogP contribution in [-0.2, 0) is 0 Å².